The smallest absolute Gasteiger partial charge is 0.234 e. The maximum Gasteiger partial charge on any atom is 0.234 e. The number of benzene rings is 1. The number of likely N-dealkylation sites (N-methyl/N-ethyl adjacent to an activating group) is 1. The van der Waals surface area contributed by atoms with Gasteiger partial charge in [0.1, 0.15) is 12.4 Å². The first-order chi connectivity index (χ1) is 8.00. The zero-order chi connectivity index (χ0) is 12.8. The van der Waals surface area contributed by atoms with E-state index >= 15 is 0 Å². The second-order valence-corrected chi connectivity index (χ2v) is 4.30. The van der Waals surface area contributed by atoms with Gasteiger partial charge in [0.2, 0.25) is 5.91 Å². The number of hydrogen-bond donors (Lipinski definition) is 1. The molecule has 1 aromatic rings. The van der Waals surface area contributed by atoms with E-state index in [9.17, 15) is 4.79 Å². The van der Waals surface area contributed by atoms with E-state index in [-0.39, 0.29) is 11.9 Å². The summed E-state index contributed by atoms with van der Waals surface area (Å²) in [6.45, 7) is 2.90. The van der Waals surface area contributed by atoms with E-state index in [4.69, 9.17) is 22.1 Å². The van der Waals surface area contributed by atoms with Crippen molar-refractivity contribution in [2.24, 2.45) is 5.73 Å². The fourth-order valence-electron chi connectivity index (χ4n) is 1.25. The number of primary amides is 1. The van der Waals surface area contributed by atoms with Gasteiger partial charge in [0.05, 0.1) is 6.04 Å². The molecule has 2 N–H and O–H groups in total. The summed E-state index contributed by atoms with van der Waals surface area (Å²) in [4.78, 5) is 12.8. The normalized spacial score (nSPS) is 12.5. The molecule has 0 aliphatic rings. The average molecular weight is 257 g/mol. The van der Waals surface area contributed by atoms with Gasteiger partial charge in [-0.3, -0.25) is 9.69 Å². The molecule has 0 fully saturated rings. The van der Waals surface area contributed by atoms with Gasteiger partial charge < -0.3 is 10.5 Å². The molecule has 0 aromatic heterocycles. The van der Waals surface area contributed by atoms with E-state index < -0.39 is 0 Å². The van der Waals surface area contributed by atoms with Crippen molar-refractivity contribution >= 4 is 17.5 Å². The van der Waals surface area contributed by atoms with Crippen LogP contribution in [0.25, 0.3) is 0 Å². The van der Waals surface area contributed by atoms with Crippen molar-refractivity contribution in [1.29, 1.82) is 0 Å². The predicted octanol–water partition coefficient (Wildman–Crippen LogP) is 1.52. The molecule has 0 bridgehead atoms. The molecule has 0 aliphatic carbocycles. The molecule has 1 atom stereocenters. The van der Waals surface area contributed by atoms with Crippen LogP contribution in [-0.2, 0) is 4.79 Å². The molecule has 0 saturated carbocycles. The fourth-order valence-corrected chi connectivity index (χ4v) is 1.38. The quantitative estimate of drug-likeness (QED) is 0.840. The van der Waals surface area contributed by atoms with Crippen molar-refractivity contribution in [2.75, 3.05) is 20.2 Å². The minimum Gasteiger partial charge on any atom is -0.492 e. The van der Waals surface area contributed by atoms with Gasteiger partial charge >= 0.3 is 0 Å². The highest BCUT2D eigenvalue weighted by atomic mass is 35.5. The minimum absolute atomic E-state index is 0.288. The van der Waals surface area contributed by atoms with Gasteiger partial charge in [-0.05, 0) is 38.2 Å². The number of nitrogens with zero attached hydrogens (tertiary/aromatic N) is 1. The SMILES string of the molecule is C[C@H](C(N)=O)N(C)CCOc1ccc(Cl)cc1. The second kappa shape index (κ2) is 6.47. The number of rotatable bonds is 6. The zero-order valence-corrected chi connectivity index (χ0v) is 10.8. The number of hydrogen-bond acceptors (Lipinski definition) is 3. The Labute approximate surface area is 106 Å². The molecule has 0 aliphatic heterocycles. The lowest BCUT2D eigenvalue weighted by molar-refractivity contribution is -0.122. The van der Waals surface area contributed by atoms with Crippen molar-refractivity contribution in [2.45, 2.75) is 13.0 Å². The third-order valence-electron chi connectivity index (χ3n) is 2.60. The van der Waals surface area contributed by atoms with Gasteiger partial charge in [-0.25, -0.2) is 0 Å². The highest BCUT2D eigenvalue weighted by molar-refractivity contribution is 6.30. The standard InChI is InChI=1S/C12H17ClN2O2/c1-9(12(14)16)15(2)7-8-17-11-5-3-10(13)4-6-11/h3-6,9H,7-8H2,1-2H3,(H2,14,16)/t9-/m1/s1. The van der Waals surface area contributed by atoms with Crippen LogP contribution in [0.15, 0.2) is 24.3 Å². The average Bonchev–Trinajstić information content (AvgIpc) is 2.30. The Morgan fingerprint density at radius 3 is 2.59 bits per heavy atom. The van der Waals surface area contributed by atoms with Gasteiger partial charge in [-0.1, -0.05) is 11.6 Å². The summed E-state index contributed by atoms with van der Waals surface area (Å²) in [5, 5.41) is 0.678. The number of nitrogens with two attached hydrogens (primary N) is 1. The highest BCUT2D eigenvalue weighted by Crippen LogP contribution is 2.15. The summed E-state index contributed by atoms with van der Waals surface area (Å²) in [6, 6.07) is 6.86. The van der Waals surface area contributed by atoms with Crippen molar-refractivity contribution in [1.82, 2.24) is 4.90 Å². The third kappa shape index (κ3) is 4.63. The van der Waals surface area contributed by atoms with Crippen LogP contribution < -0.4 is 10.5 Å². The predicted molar refractivity (Wildman–Crippen MR) is 68.2 cm³/mol. The lowest BCUT2D eigenvalue weighted by Crippen LogP contribution is -2.41. The molecular weight excluding hydrogens is 240 g/mol. The van der Waals surface area contributed by atoms with Crippen molar-refractivity contribution in [3.63, 3.8) is 0 Å². The van der Waals surface area contributed by atoms with Gasteiger partial charge in [0, 0.05) is 11.6 Å². The van der Waals surface area contributed by atoms with E-state index in [2.05, 4.69) is 0 Å². The summed E-state index contributed by atoms with van der Waals surface area (Å²) < 4.78 is 5.51. The summed E-state index contributed by atoms with van der Waals surface area (Å²) in [5.41, 5.74) is 5.20. The van der Waals surface area contributed by atoms with Crippen molar-refractivity contribution in [3.05, 3.63) is 29.3 Å². The van der Waals surface area contributed by atoms with Gasteiger partial charge in [0.15, 0.2) is 0 Å². The van der Waals surface area contributed by atoms with Gasteiger partial charge in [-0.15, -0.1) is 0 Å². The van der Waals surface area contributed by atoms with Crippen LogP contribution in [0.3, 0.4) is 0 Å². The Kier molecular flexibility index (Phi) is 5.25. The Hall–Kier alpha value is -1.26. The summed E-state index contributed by atoms with van der Waals surface area (Å²) in [6.07, 6.45) is 0. The van der Waals surface area contributed by atoms with Gasteiger partial charge in [-0.2, -0.15) is 0 Å². The van der Waals surface area contributed by atoms with Crippen LogP contribution in [0.2, 0.25) is 5.02 Å². The number of ether oxygens (including phenoxy) is 1. The maximum absolute atomic E-state index is 10.9. The van der Waals surface area contributed by atoms with Crippen LogP contribution in [0.1, 0.15) is 6.92 Å². The number of amides is 1. The molecular formula is C12H17ClN2O2. The lowest BCUT2D eigenvalue weighted by Gasteiger charge is -2.21. The van der Waals surface area contributed by atoms with Crippen LogP contribution in [-0.4, -0.2) is 37.0 Å². The van der Waals surface area contributed by atoms with Crippen molar-refractivity contribution in [3.8, 4) is 5.75 Å². The molecule has 1 rings (SSSR count). The molecule has 4 nitrogen and oxygen atoms in total. The largest absolute Gasteiger partial charge is 0.492 e. The van der Waals surface area contributed by atoms with E-state index in [1.54, 1.807) is 31.2 Å². The summed E-state index contributed by atoms with van der Waals surface area (Å²) >= 11 is 5.76. The number of carbonyl (C=O) groups is 1. The Morgan fingerprint density at radius 2 is 2.06 bits per heavy atom. The first kappa shape index (κ1) is 13.8. The van der Waals surface area contributed by atoms with Crippen LogP contribution in [0, 0.1) is 0 Å². The molecule has 17 heavy (non-hydrogen) atoms. The Morgan fingerprint density at radius 1 is 1.47 bits per heavy atom. The Bertz CT molecular complexity index is 367. The second-order valence-electron chi connectivity index (χ2n) is 3.86. The monoisotopic (exact) mass is 256 g/mol. The third-order valence-corrected chi connectivity index (χ3v) is 2.85. The molecule has 94 valence electrons. The zero-order valence-electron chi connectivity index (χ0n) is 10.0. The van der Waals surface area contributed by atoms with Gasteiger partial charge in [0.25, 0.3) is 0 Å². The molecule has 1 amide bonds. The Balaban J connectivity index is 2.32. The van der Waals surface area contributed by atoms with Crippen LogP contribution in [0.5, 0.6) is 5.75 Å². The molecule has 0 saturated heterocycles. The van der Waals surface area contributed by atoms with E-state index in [0.29, 0.717) is 18.2 Å². The number of carbonyl (C=O) groups excluding carboxylic acids is 1. The first-order valence-corrected chi connectivity index (χ1v) is 5.76. The molecule has 0 unspecified atom stereocenters. The van der Waals surface area contributed by atoms with Crippen LogP contribution in [0.4, 0.5) is 0 Å². The fraction of sp³-hybridized carbons (Fsp3) is 0.417. The molecule has 0 radical (unpaired) electrons. The molecule has 5 heteroatoms. The molecule has 0 spiro atoms. The molecule has 1 aromatic carbocycles. The lowest BCUT2D eigenvalue weighted by atomic mass is 10.3. The first-order valence-electron chi connectivity index (χ1n) is 5.38. The number of halogens is 1. The van der Waals surface area contributed by atoms with Crippen LogP contribution >= 0.6 is 11.6 Å². The highest BCUT2D eigenvalue weighted by Gasteiger charge is 2.13. The van der Waals surface area contributed by atoms with E-state index in [1.807, 2.05) is 11.9 Å². The minimum atomic E-state index is -0.334. The topological polar surface area (TPSA) is 55.6 Å². The van der Waals surface area contributed by atoms with E-state index in [1.165, 1.54) is 0 Å². The van der Waals surface area contributed by atoms with E-state index in [0.717, 1.165) is 5.75 Å². The molecule has 0 heterocycles. The van der Waals surface area contributed by atoms with Crippen molar-refractivity contribution < 1.29 is 9.53 Å². The maximum atomic E-state index is 10.9. The summed E-state index contributed by atoms with van der Waals surface area (Å²) in [7, 11) is 1.83. The summed E-state index contributed by atoms with van der Waals surface area (Å²) in [5.74, 6) is 0.425.